The summed E-state index contributed by atoms with van der Waals surface area (Å²) in [6, 6.07) is 13.8. The Morgan fingerprint density at radius 3 is 2.68 bits per heavy atom. The van der Waals surface area contributed by atoms with Gasteiger partial charge in [-0.3, -0.25) is 14.9 Å². The van der Waals surface area contributed by atoms with Crippen molar-refractivity contribution in [3.8, 4) is 0 Å². The van der Waals surface area contributed by atoms with Gasteiger partial charge in [0.1, 0.15) is 0 Å². The Morgan fingerprint density at radius 2 is 1.92 bits per heavy atom. The number of carbonyl (C=O) groups excluding carboxylic acids is 2. The number of benzene rings is 2. The fourth-order valence-corrected chi connectivity index (χ4v) is 2.65. The second-order valence-corrected chi connectivity index (χ2v) is 5.53. The van der Waals surface area contributed by atoms with Gasteiger partial charge in [0.2, 0.25) is 5.95 Å². The lowest BCUT2D eigenvalue weighted by molar-refractivity contribution is 0.0991. The second-order valence-electron chi connectivity index (χ2n) is 5.53. The fraction of sp³-hybridized carbons (Fsp3) is 0.167. The Bertz CT molecular complexity index is 961. The van der Waals surface area contributed by atoms with Gasteiger partial charge in [-0.15, -0.1) is 5.11 Å². The van der Waals surface area contributed by atoms with Crippen LogP contribution in [0.25, 0.3) is 11.0 Å². The third kappa shape index (κ3) is 3.30. The van der Waals surface area contributed by atoms with Crippen molar-refractivity contribution < 1.29 is 9.59 Å². The molecule has 0 aliphatic heterocycles. The summed E-state index contributed by atoms with van der Waals surface area (Å²) in [5, 5.41) is 5.68. The SMILES string of the molecule is CCCn1c(NC(=O)c2cccc(C(=O)N=N)c2)nc2ccccc21. The number of imidazole rings is 1. The predicted octanol–water partition coefficient (Wildman–Crippen LogP) is 3.87. The minimum absolute atomic E-state index is 0.199. The smallest absolute Gasteiger partial charge is 0.294 e. The number of carbonyl (C=O) groups is 2. The first-order valence-electron chi connectivity index (χ1n) is 7.92. The molecule has 126 valence electrons. The Hall–Kier alpha value is -3.35. The molecule has 1 aromatic heterocycles. The van der Waals surface area contributed by atoms with Gasteiger partial charge in [-0.05, 0) is 36.8 Å². The van der Waals surface area contributed by atoms with Crippen molar-refractivity contribution in [2.75, 3.05) is 5.32 Å². The van der Waals surface area contributed by atoms with Crippen LogP contribution in [0, 0.1) is 5.53 Å². The lowest BCUT2D eigenvalue weighted by Crippen LogP contribution is -2.16. The van der Waals surface area contributed by atoms with E-state index >= 15 is 0 Å². The zero-order valence-corrected chi connectivity index (χ0v) is 13.7. The van der Waals surface area contributed by atoms with Crippen molar-refractivity contribution in [2.24, 2.45) is 5.11 Å². The molecule has 2 aromatic carbocycles. The Kier molecular flexibility index (Phi) is 4.65. The van der Waals surface area contributed by atoms with E-state index in [9.17, 15) is 9.59 Å². The maximum atomic E-state index is 12.6. The number of aryl methyl sites for hydroxylation is 1. The summed E-state index contributed by atoms with van der Waals surface area (Å²) in [6.07, 6.45) is 0.901. The molecule has 3 rings (SSSR count). The molecule has 0 atom stereocenters. The molecule has 7 heteroatoms. The molecule has 0 saturated heterocycles. The molecular formula is C18H17N5O2. The molecule has 0 fully saturated rings. The van der Waals surface area contributed by atoms with Gasteiger partial charge in [0.25, 0.3) is 11.8 Å². The van der Waals surface area contributed by atoms with E-state index in [1.54, 1.807) is 12.1 Å². The van der Waals surface area contributed by atoms with E-state index in [1.807, 2.05) is 28.8 Å². The second kappa shape index (κ2) is 7.04. The molecule has 0 aliphatic rings. The van der Waals surface area contributed by atoms with E-state index in [0.717, 1.165) is 24.0 Å². The normalized spacial score (nSPS) is 10.6. The van der Waals surface area contributed by atoms with Gasteiger partial charge >= 0.3 is 0 Å². The standard InChI is InChI=1S/C18H17N5O2/c1-2-10-23-15-9-4-3-8-14(15)20-18(23)21-16(24)12-6-5-7-13(11-12)17(25)22-19/h3-9,11,19H,2,10H2,1H3,(H,20,21,24). The Labute approximate surface area is 144 Å². The number of para-hydroxylation sites is 2. The van der Waals surface area contributed by atoms with Crippen molar-refractivity contribution in [3.63, 3.8) is 0 Å². The van der Waals surface area contributed by atoms with Gasteiger partial charge < -0.3 is 4.57 Å². The predicted molar refractivity (Wildman–Crippen MR) is 93.9 cm³/mol. The van der Waals surface area contributed by atoms with Crippen molar-refractivity contribution in [2.45, 2.75) is 19.9 Å². The van der Waals surface area contributed by atoms with Gasteiger partial charge in [-0.1, -0.05) is 25.1 Å². The lowest BCUT2D eigenvalue weighted by Gasteiger charge is -2.09. The van der Waals surface area contributed by atoms with Crippen molar-refractivity contribution in [3.05, 3.63) is 59.7 Å². The maximum Gasteiger partial charge on any atom is 0.294 e. The van der Waals surface area contributed by atoms with Crippen LogP contribution in [-0.2, 0) is 6.54 Å². The van der Waals surface area contributed by atoms with E-state index in [-0.39, 0.29) is 11.5 Å². The third-order valence-corrected chi connectivity index (χ3v) is 3.80. The van der Waals surface area contributed by atoms with Crippen molar-refractivity contribution in [1.82, 2.24) is 9.55 Å². The summed E-state index contributed by atoms with van der Waals surface area (Å²) in [4.78, 5) is 28.5. The van der Waals surface area contributed by atoms with Crippen molar-refractivity contribution in [1.29, 1.82) is 5.53 Å². The van der Waals surface area contributed by atoms with E-state index in [1.165, 1.54) is 12.1 Å². The van der Waals surface area contributed by atoms with Gasteiger partial charge in [0.05, 0.1) is 11.0 Å². The molecular weight excluding hydrogens is 318 g/mol. The lowest BCUT2D eigenvalue weighted by atomic mass is 10.1. The monoisotopic (exact) mass is 335 g/mol. The molecule has 3 aromatic rings. The molecule has 7 nitrogen and oxygen atoms in total. The van der Waals surface area contributed by atoms with E-state index in [4.69, 9.17) is 5.53 Å². The fourth-order valence-electron chi connectivity index (χ4n) is 2.65. The van der Waals surface area contributed by atoms with Crippen LogP contribution < -0.4 is 5.32 Å². The summed E-state index contributed by atoms with van der Waals surface area (Å²) >= 11 is 0. The highest BCUT2D eigenvalue weighted by atomic mass is 16.2. The average Bonchev–Trinajstić information content (AvgIpc) is 2.99. The first-order valence-corrected chi connectivity index (χ1v) is 7.92. The quantitative estimate of drug-likeness (QED) is 0.692. The van der Waals surface area contributed by atoms with Crippen LogP contribution in [0.2, 0.25) is 0 Å². The summed E-state index contributed by atoms with van der Waals surface area (Å²) in [6.45, 7) is 2.78. The van der Waals surface area contributed by atoms with E-state index in [0.29, 0.717) is 11.5 Å². The van der Waals surface area contributed by atoms with Crippen LogP contribution in [0.5, 0.6) is 0 Å². The van der Waals surface area contributed by atoms with E-state index in [2.05, 4.69) is 22.3 Å². The molecule has 0 aliphatic carbocycles. The molecule has 0 unspecified atom stereocenters. The molecule has 2 N–H and O–H groups in total. The van der Waals surface area contributed by atoms with Crippen LogP contribution in [0.4, 0.5) is 5.95 Å². The first-order chi connectivity index (χ1) is 12.1. The van der Waals surface area contributed by atoms with Gasteiger partial charge in [-0.2, -0.15) is 0 Å². The average molecular weight is 335 g/mol. The number of aromatic nitrogens is 2. The molecule has 0 radical (unpaired) electrons. The number of anilines is 1. The molecule has 25 heavy (non-hydrogen) atoms. The number of nitrogens with one attached hydrogen (secondary N) is 2. The van der Waals surface area contributed by atoms with Crippen LogP contribution in [0.15, 0.2) is 53.6 Å². The number of nitrogens with zero attached hydrogens (tertiary/aromatic N) is 3. The minimum Gasteiger partial charge on any atom is -0.310 e. The number of rotatable bonds is 5. The summed E-state index contributed by atoms with van der Waals surface area (Å²) in [5.74, 6) is -0.588. The number of hydrogen-bond acceptors (Lipinski definition) is 4. The van der Waals surface area contributed by atoms with Gasteiger partial charge in [0.15, 0.2) is 0 Å². The Morgan fingerprint density at radius 1 is 1.16 bits per heavy atom. The maximum absolute atomic E-state index is 12.6. The van der Waals surface area contributed by atoms with Crippen LogP contribution >= 0.6 is 0 Å². The molecule has 2 amide bonds. The number of hydrogen-bond donors (Lipinski definition) is 2. The largest absolute Gasteiger partial charge is 0.310 e. The summed E-state index contributed by atoms with van der Waals surface area (Å²) < 4.78 is 1.96. The Balaban J connectivity index is 1.93. The van der Waals surface area contributed by atoms with E-state index < -0.39 is 5.91 Å². The van der Waals surface area contributed by atoms with Crippen LogP contribution in [0.1, 0.15) is 34.1 Å². The minimum atomic E-state index is -0.687. The summed E-state index contributed by atoms with van der Waals surface area (Å²) in [5.41, 5.74) is 9.07. The molecule has 0 bridgehead atoms. The van der Waals surface area contributed by atoms with Gasteiger partial charge in [-0.25, -0.2) is 10.5 Å². The van der Waals surface area contributed by atoms with Gasteiger partial charge in [0, 0.05) is 17.7 Å². The van der Waals surface area contributed by atoms with Crippen LogP contribution in [-0.4, -0.2) is 21.4 Å². The molecule has 1 heterocycles. The topological polar surface area (TPSA) is 100 Å². The highest BCUT2D eigenvalue weighted by molar-refractivity contribution is 6.06. The zero-order valence-electron chi connectivity index (χ0n) is 13.7. The third-order valence-electron chi connectivity index (χ3n) is 3.80. The molecule has 0 saturated carbocycles. The highest BCUT2D eigenvalue weighted by Crippen LogP contribution is 2.20. The van der Waals surface area contributed by atoms with Crippen molar-refractivity contribution >= 4 is 28.8 Å². The first kappa shape index (κ1) is 16.5. The highest BCUT2D eigenvalue weighted by Gasteiger charge is 2.15. The molecule has 0 spiro atoms. The van der Waals surface area contributed by atoms with Crippen LogP contribution in [0.3, 0.4) is 0 Å². The number of fused-ring (bicyclic) bond motifs is 1. The zero-order chi connectivity index (χ0) is 17.8. The summed E-state index contributed by atoms with van der Waals surface area (Å²) in [7, 11) is 0. The number of amides is 2.